The number of ether oxygens (including phenoxy) is 3. The highest BCUT2D eigenvalue weighted by Crippen LogP contribution is 2.53. The molecule has 12 atom stereocenters. The van der Waals surface area contributed by atoms with E-state index in [0.717, 1.165) is 5.57 Å². The molecule has 0 unspecified atom stereocenters. The SMILES string of the molecule is C=C1[C@@H]2[C@H]3OC(=O)[C@@H](C)[C@@H]3[C@H](O)CC(=C)[C@@H]2C[C@@H]1O[C@@H]1O[C@H](CO)[C@@H](O)[C@H](O)[C@H]1O. The monoisotopic (exact) mass is 426 g/mol. The van der Waals surface area contributed by atoms with Crippen molar-refractivity contribution in [1.29, 1.82) is 0 Å². The van der Waals surface area contributed by atoms with Crippen molar-refractivity contribution in [2.24, 2.45) is 23.7 Å². The predicted molar refractivity (Wildman–Crippen MR) is 102 cm³/mol. The fourth-order valence-electron chi connectivity index (χ4n) is 5.53. The van der Waals surface area contributed by atoms with Crippen molar-refractivity contribution >= 4 is 5.97 Å². The van der Waals surface area contributed by atoms with E-state index in [4.69, 9.17) is 14.2 Å². The summed E-state index contributed by atoms with van der Waals surface area (Å²) in [6.07, 6.45) is -7.91. The van der Waals surface area contributed by atoms with Gasteiger partial charge in [-0.25, -0.2) is 0 Å². The first-order chi connectivity index (χ1) is 14.1. The van der Waals surface area contributed by atoms with Gasteiger partial charge in [0.2, 0.25) is 0 Å². The second-order valence-corrected chi connectivity index (χ2v) is 8.96. The van der Waals surface area contributed by atoms with Gasteiger partial charge in [-0.15, -0.1) is 0 Å². The molecule has 9 heteroatoms. The van der Waals surface area contributed by atoms with Crippen LogP contribution in [0.5, 0.6) is 0 Å². The molecule has 0 aromatic heterocycles. The van der Waals surface area contributed by atoms with E-state index < -0.39 is 61.5 Å². The van der Waals surface area contributed by atoms with Gasteiger partial charge in [0.05, 0.1) is 24.7 Å². The Labute approximate surface area is 174 Å². The summed E-state index contributed by atoms with van der Waals surface area (Å²) < 4.78 is 17.0. The van der Waals surface area contributed by atoms with E-state index in [2.05, 4.69) is 13.2 Å². The van der Waals surface area contributed by atoms with Crippen LogP contribution in [-0.2, 0) is 19.0 Å². The molecule has 168 valence electrons. The van der Waals surface area contributed by atoms with E-state index in [1.165, 1.54) is 0 Å². The first-order valence-electron chi connectivity index (χ1n) is 10.4. The molecule has 0 aromatic carbocycles. The third-order valence-corrected chi connectivity index (χ3v) is 7.26. The molecule has 30 heavy (non-hydrogen) atoms. The van der Waals surface area contributed by atoms with Crippen molar-refractivity contribution in [3.05, 3.63) is 24.3 Å². The zero-order valence-corrected chi connectivity index (χ0v) is 16.8. The maximum absolute atomic E-state index is 12.2. The lowest BCUT2D eigenvalue weighted by Crippen LogP contribution is -2.59. The van der Waals surface area contributed by atoms with Crippen molar-refractivity contribution in [2.75, 3.05) is 6.61 Å². The lowest BCUT2D eigenvalue weighted by molar-refractivity contribution is -0.308. The van der Waals surface area contributed by atoms with Crippen molar-refractivity contribution in [3.63, 3.8) is 0 Å². The average Bonchev–Trinajstić information content (AvgIpc) is 3.15. The van der Waals surface area contributed by atoms with Crippen LogP contribution in [-0.4, -0.2) is 87.1 Å². The Balaban J connectivity index is 1.55. The zero-order chi connectivity index (χ0) is 21.9. The van der Waals surface area contributed by atoms with E-state index in [0.29, 0.717) is 18.4 Å². The Bertz CT molecular complexity index is 721. The summed E-state index contributed by atoms with van der Waals surface area (Å²) in [4.78, 5) is 12.2. The van der Waals surface area contributed by atoms with Gasteiger partial charge in [0.25, 0.3) is 0 Å². The van der Waals surface area contributed by atoms with Gasteiger partial charge in [-0.2, -0.15) is 0 Å². The molecule has 4 rings (SSSR count). The van der Waals surface area contributed by atoms with Crippen LogP contribution in [0.1, 0.15) is 19.8 Å². The Morgan fingerprint density at radius 1 is 1.13 bits per heavy atom. The van der Waals surface area contributed by atoms with E-state index in [-0.39, 0.29) is 23.7 Å². The van der Waals surface area contributed by atoms with Gasteiger partial charge in [0, 0.05) is 11.8 Å². The highest BCUT2D eigenvalue weighted by molar-refractivity contribution is 5.75. The Kier molecular flexibility index (Phi) is 5.82. The first-order valence-corrected chi connectivity index (χ1v) is 10.4. The molecule has 4 fully saturated rings. The number of hydrogen-bond acceptors (Lipinski definition) is 9. The normalized spacial score (nSPS) is 51.3. The molecular formula is C21H30O9. The molecule has 0 amide bonds. The highest BCUT2D eigenvalue weighted by Gasteiger charge is 2.57. The Morgan fingerprint density at radius 2 is 1.83 bits per heavy atom. The summed E-state index contributed by atoms with van der Waals surface area (Å²) in [6, 6.07) is 0. The minimum atomic E-state index is -1.54. The minimum absolute atomic E-state index is 0.130. The van der Waals surface area contributed by atoms with Gasteiger partial charge in [0.1, 0.15) is 30.5 Å². The van der Waals surface area contributed by atoms with E-state index in [1.807, 2.05) is 0 Å². The molecule has 9 nitrogen and oxygen atoms in total. The second kappa shape index (κ2) is 7.98. The van der Waals surface area contributed by atoms with Gasteiger partial charge < -0.3 is 39.7 Å². The van der Waals surface area contributed by atoms with Crippen LogP contribution in [0.3, 0.4) is 0 Å². The smallest absolute Gasteiger partial charge is 0.309 e. The van der Waals surface area contributed by atoms with E-state index in [9.17, 15) is 30.3 Å². The molecule has 2 aliphatic carbocycles. The molecule has 2 saturated carbocycles. The number of aliphatic hydroxyl groups excluding tert-OH is 5. The second-order valence-electron chi connectivity index (χ2n) is 8.96. The molecule has 0 aromatic rings. The molecule has 4 aliphatic rings. The Morgan fingerprint density at radius 3 is 2.50 bits per heavy atom. The van der Waals surface area contributed by atoms with Crippen molar-refractivity contribution in [3.8, 4) is 0 Å². The fraction of sp³-hybridized carbons (Fsp3) is 0.762. The van der Waals surface area contributed by atoms with Gasteiger partial charge in [-0.05, 0) is 24.3 Å². The first kappa shape index (κ1) is 21.9. The molecule has 2 saturated heterocycles. The number of carbonyl (C=O) groups is 1. The standard InChI is InChI=1S/C21H30O9/c1-7-4-11(23)15-9(3)20(27)30-19(15)14-8(2)12(5-10(7)14)28-21-18(26)17(25)16(24)13(6-22)29-21/h9-19,21-26H,1-2,4-6H2,3H3/t9-,10-,11+,12-,13+,14-,15+,16+,17-,18+,19+,21+/m0/s1. The summed E-state index contributed by atoms with van der Waals surface area (Å²) in [5.74, 6) is -1.57. The van der Waals surface area contributed by atoms with Crippen molar-refractivity contribution in [1.82, 2.24) is 0 Å². The zero-order valence-electron chi connectivity index (χ0n) is 16.8. The van der Waals surface area contributed by atoms with Crippen LogP contribution in [0.15, 0.2) is 24.3 Å². The molecule has 0 radical (unpaired) electrons. The third kappa shape index (κ3) is 3.33. The van der Waals surface area contributed by atoms with Crippen molar-refractivity contribution < 1.29 is 44.5 Å². The lowest BCUT2D eigenvalue weighted by Gasteiger charge is -2.40. The molecule has 2 heterocycles. The summed E-state index contributed by atoms with van der Waals surface area (Å²) >= 11 is 0. The van der Waals surface area contributed by atoms with Crippen LogP contribution in [0.25, 0.3) is 0 Å². The van der Waals surface area contributed by atoms with Gasteiger partial charge >= 0.3 is 5.97 Å². The predicted octanol–water partition coefficient (Wildman–Crippen LogP) is -1.14. The van der Waals surface area contributed by atoms with E-state index >= 15 is 0 Å². The topological polar surface area (TPSA) is 146 Å². The molecule has 2 aliphatic heterocycles. The molecular weight excluding hydrogens is 396 g/mol. The number of esters is 1. The van der Waals surface area contributed by atoms with Crippen LogP contribution >= 0.6 is 0 Å². The number of rotatable bonds is 3. The molecule has 0 spiro atoms. The maximum Gasteiger partial charge on any atom is 0.309 e. The van der Waals surface area contributed by atoms with Crippen molar-refractivity contribution in [2.45, 2.75) is 68.8 Å². The van der Waals surface area contributed by atoms with Crippen LogP contribution in [0.4, 0.5) is 0 Å². The van der Waals surface area contributed by atoms with Crippen LogP contribution in [0.2, 0.25) is 0 Å². The van der Waals surface area contributed by atoms with Gasteiger partial charge in [-0.1, -0.05) is 25.7 Å². The average molecular weight is 426 g/mol. The third-order valence-electron chi connectivity index (χ3n) is 7.26. The fourth-order valence-corrected chi connectivity index (χ4v) is 5.53. The lowest BCUT2D eigenvalue weighted by atomic mass is 9.79. The minimum Gasteiger partial charge on any atom is -0.461 e. The summed E-state index contributed by atoms with van der Waals surface area (Å²) in [5.41, 5.74) is 1.47. The quantitative estimate of drug-likeness (QED) is 0.279. The summed E-state index contributed by atoms with van der Waals surface area (Å²) in [5, 5.41) is 50.3. The Hall–Kier alpha value is -1.33. The summed E-state index contributed by atoms with van der Waals surface area (Å²) in [6.45, 7) is 9.49. The highest BCUT2D eigenvalue weighted by atomic mass is 16.7. The largest absolute Gasteiger partial charge is 0.461 e. The van der Waals surface area contributed by atoms with Gasteiger partial charge in [-0.3, -0.25) is 4.79 Å². The number of carbonyl (C=O) groups excluding carboxylic acids is 1. The summed E-state index contributed by atoms with van der Waals surface area (Å²) in [7, 11) is 0. The number of aliphatic hydroxyl groups is 5. The van der Waals surface area contributed by atoms with E-state index in [1.54, 1.807) is 6.92 Å². The molecule has 0 bridgehead atoms. The number of hydrogen-bond donors (Lipinski definition) is 5. The molecule has 5 N–H and O–H groups in total. The van der Waals surface area contributed by atoms with Crippen LogP contribution < -0.4 is 0 Å². The van der Waals surface area contributed by atoms with Gasteiger partial charge in [0.15, 0.2) is 6.29 Å². The van der Waals surface area contributed by atoms with Crippen LogP contribution in [0, 0.1) is 23.7 Å². The number of fused-ring (bicyclic) bond motifs is 3. The maximum atomic E-state index is 12.2.